The molecule has 1 aromatic rings. The van der Waals surface area contributed by atoms with Crippen molar-refractivity contribution >= 4 is 35.5 Å². The molecule has 1 N–H and O–H groups in total. The lowest BCUT2D eigenvalue weighted by Crippen LogP contribution is -2.37. The Morgan fingerprint density at radius 3 is 2.58 bits per heavy atom. The number of hydrogen-bond donors (Lipinski definition) is 1. The molecule has 134 valence electrons. The summed E-state index contributed by atoms with van der Waals surface area (Å²) >= 11 is 1.67. The number of carbonyl (C=O) groups excluding carboxylic acids is 4. The zero-order chi connectivity index (χ0) is 18.7. The molecule has 1 atom stereocenters. The first-order valence-electron chi connectivity index (χ1n) is 8.12. The summed E-state index contributed by atoms with van der Waals surface area (Å²) in [6.07, 6.45) is 3.18. The van der Waals surface area contributed by atoms with Gasteiger partial charge in [0.15, 0.2) is 29.7 Å². The van der Waals surface area contributed by atoms with E-state index in [1.807, 2.05) is 6.26 Å². The van der Waals surface area contributed by atoms with Gasteiger partial charge in [-0.25, -0.2) is 0 Å². The second kappa shape index (κ2) is 7.70. The number of allylic oxidation sites excluding steroid dienone is 2. The monoisotopic (exact) mass is 371 g/mol. The fraction of sp³-hybridized carbons (Fsp3) is 0.263. The second-order valence-electron chi connectivity index (χ2n) is 5.82. The molecule has 2 aliphatic rings. The van der Waals surface area contributed by atoms with E-state index in [0.717, 1.165) is 12.2 Å². The van der Waals surface area contributed by atoms with E-state index in [1.165, 1.54) is 6.08 Å². The fourth-order valence-electron chi connectivity index (χ4n) is 2.92. The van der Waals surface area contributed by atoms with Gasteiger partial charge in [-0.3, -0.25) is 19.2 Å². The Morgan fingerprint density at radius 2 is 1.92 bits per heavy atom. The molecule has 0 radical (unpaired) electrons. The van der Waals surface area contributed by atoms with Gasteiger partial charge < -0.3 is 10.1 Å². The first kappa shape index (κ1) is 18.1. The largest absolute Gasteiger partial charge is 0.472 e. The van der Waals surface area contributed by atoms with Gasteiger partial charge in [0.2, 0.25) is 0 Å². The predicted octanol–water partition coefficient (Wildman–Crippen LogP) is 1.71. The van der Waals surface area contributed by atoms with E-state index >= 15 is 0 Å². The third kappa shape index (κ3) is 3.22. The highest BCUT2D eigenvalue weighted by molar-refractivity contribution is 7.98. The Labute approximate surface area is 154 Å². The molecule has 7 heteroatoms. The second-order valence-corrected chi connectivity index (χ2v) is 6.80. The summed E-state index contributed by atoms with van der Waals surface area (Å²) in [5, 5.41) is 2.69. The Balaban J connectivity index is 1.93. The molecule has 0 saturated heterocycles. The Bertz CT molecular complexity index is 855. The highest BCUT2D eigenvalue weighted by atomic mass is 32.2. The summed E-state index contributed by atoms with van der Waals surface area (Å²) in [6, 6.07) is 6.41. The van der Waals surface area contributed by atoms with Crippen LogP contribution in [0, 0.1) is 0 Å². The minimum atomic E-state index is -1.27. The normalized spacial score (nSPS) is 18.5. The maximum atomic E-state index is 12.8. The number of carbonyl (C=O) groups is 4. The van der Waals surface area contributed by atoms with Crippen LogP contribution >= 0.6 is 11.8 Å². The average molecular weight is 371 g/mol. The van der Waals surface area contributed by atoms with Gasteiger partial charge in [-0.1, -0.05) is 24.3 Å². The Hall–Kier alpha value is -2.67. The van der Waals surface area contributed by atoms with Crippen molar-refractivity contribution in [2.24, 2.45) is 0 Å². The van der Waals surface area contributed by atoms with E-state index in [-0.39, 0.29) is 28.0 Å². The lowest BCUT2D eigenvalue weighted by atomic mass is 9.81. The maximum Gasteiger partial charge on any atom is 0.286 e. The number of amides is 1. The number of ether oxygens (including phenoxy) is 1. The van der Waals surface area contributed by atoms with Crippen molar-refractivity contribution < 1.29 is 23.9 Å². The topological polar surface area (TPSA) is 89.5 Å². The summed E-state index contributed by atoms with van der Waals surface area (Å²) in [5.74, 6) is -0.564. The number of hydrogen-bond acceptors (Lipinski definition) is 6. The molecule has 0 fully saturated rings. The van der Waals surface area contributed by atoms with Crippen molar-refractivity contribution in [2.75, 3.05) is 18.6 Å². The van der Waals surface area contributed by atoms with E-state index in [2.05, 4.69) is 5.32 Å². The molecule has 1 amide bonds. The molecule has 26 heavy (non-hydrogen) atoms. The van der Waals surface area contributed by atoms with E-state index in [9.17, 15) is 19.2 Å². The van der Waals surface area contributed by atoms with Gasteiger partial charge in [-0.05, 0) is 24.5 Å². The van der Waals surface area contributed by atoms with Gasteiger partial charge in [0.05, 0.1) is 5.57 Å². The predicted molar refractivity (Wildman–Crippen MR) is 97.2 cm³/mol. The van der Waals surface area contributed by atoms with Crippen molar-refractivity contribution in [3.63, 3.8) is 0 Å². The van der Waals surface area contributed by atoms with Crippen LogP contribution in [0.1, 0.15) is 27.1 Å². The Morgan fingerprint density at radius 1 is 1.23 bits per heavy atom. The van der Waals surface area contributed by atoms with Crippen LogP contribution in [0.2, 0.25) is 0 Å². The molecule has 6 nitrogen and oxygen atoms in total. The van der Waals surface area contributed by atoms with Crippen LogP contribution in [-0.4, -0.2) is 48.4 Å². The van der Waals surface area contributed by atoms with E-state index < -0.39 is 23.6 Å². The van der Waals surface area contributed by atoms with Crippen molar-refractivity contribution in [2.45, 2.75) is 12.5 Å². The molecule has 0 saturated carbocycles. The SMILES string of the molecule is CSCCCNC(=O)C1=CC2=C(C(=O)c3ccccc3C2=O)C(C=O)O1. The fourth-order valence-corrected chi connectivity index (χ4v) is 3.35. The minimum absolute atomic E-state index is 0.0115. The first-order valence-corrected chi connectivity index (χ1v) is 9.51. The van der Waals surface area contributed by atoms with Crippen LogP contribution in [0.3, 0.4) is 0 Å². The van der Waals surface area contributed by atoms with Gasteiger partial charge in [-0.2, -0.15) is 11.8 Å². The van der Waals surface area contributed by atoms with Crippen molar-refractivity contribution in [1.29, 1.82) is 0 Å². The van der Waals surface area contributed by atoms with E-state index in [0.29, 0.717) is 12.8 Å². The van der Waals surface area contributed by atoms with Crippen molar-refractivity contribution in [3.8, 4) is 0 Å². The number of ketones is 2. The number of benzene rings is 1. The molecule has 1 aliphatic carbocycles. The van der Waals surface area contributed by atoms with Gasteiger partial charge in [0, 0.05) is 23.2 Å². The number of rotatable bonds is 6. The average Bonchev–Trinajstić information content (AvgIpc) is 2.68. The number of fused-ring (bicyclic) bond motifs is 1. The number of Topliss-reactive ketones (excluding diaryl/α,β-unsaturated/α-hetero) is 2. The quantitative estimate of drug-likeness (QED) is 0.605. The third-order valence-corrected chi connectivity index (χ3v) is 4.86. The zero-order valence-electron chi connectivity index (χ0n) is 14.1. The van der Waals surface area contributed by atoms with Crippen LogP contribution in [0.25, 0.3) is 0 Å². The van der Waals surface area contributed by atoms with Crippen LogP contribution in [0.5, 0.6) is 0 Å². The summed E-state index contributed by atoms with van der Waals surface area (Å²) in [6.45, 7) is 0.452. The molecular formula is C19H17NO5S. The van der Waals surface area contributed by atoms with Crippen LogP contribution in [0.4, 0.5) is 0 Å². The zero-order valence-corrected chi connectivity index (χ0v) is 14.9. The maximum absolute atomic E-state index is 12.8. The van der Waals surface area contributed by atoms with E-state index in [4.69, 9.17) is 4.74 Å². The molecule has 0 aromatic heterocycles. The molecule has 1 aromatic carbocycles. The van der Waals surface area contributed by atoms with Crippen molar-refractivity contribution in [1.82, 2.24) is 5.32 Å². The standard InChI is InChI=1S/C19H17NO5S/c1-26-8-4-7-20-19(24)14-9-13-16(15(10-21)25-14)18(23)12-6-3-2-5-11(12)17(13)22/h2-3,5-6,9-10,15H,4,7-8H2,1H3,(H,20,24). The third-order valence-electron chi connectivity index (χ3n) is 4.17. The van der Waals surface area contributed by atoms with Crippen LogP contribution < -0.4 is 5.32 Å². The van der Waals surface area contributed by atoms with Gasteiger partial charge in [-0.15, -0.1) is 0 Å². The van der Waals surface area contributed by atoms with Gasteiger partial charge >= 0.3 is 0 Å². The molecule has 1 aliphatic heterocycles. The molecule has 0 spiro atoms. The number of nitrogens with one attached hydrogen (secondary N) is 1. The van der Waals surface area contributed by atoms with Gasteiger partial charge in [0.25, 0.3) is 5.91 Å². The van der Waals surface area contributed by atoms with Gasteiger partial charge in [0.1, 0.15) is 0 Å². The highest BCUT2D eigenvalue weighted by Crippen LogP contribution is 2.33. The van der Waals surface area contributed by atoms with Crippen LogP contribution in [0.15, 0.2) is 47.2 Å². The smallest absolute Gasteiger partial charge is 0.286 e. The highest BCUT2D eigenvalue weighted by Gasteiger charge is 2.39. The van der Waals surface area contributed by atoms with Crippen LogP contribution in [-0.2, 0) is 14.3 Å². The lowest BCUT2D eigenvalue weighted by molar-refractivity contribution is -0.123. The minimum Gasteiger partial charge on any atom is -0.472 e. The lowest BCUT2D eigenvalue weighted by Gasteiger charge is -2.28. The molecule has 0 bridgehead atoms. The number of aldehydes is 1. The summed E-state index contributed by atoms with van der Waals surface area (Å²) in [7, 11) is 0. The summed E-state index contributed by atoms with van der Waals surface area (Å²) in [5.41, 5.74) is 0.540. The molecule has 1 unspecified atom stereocenters. The summed E-state index contributed by atoms with van der Waals surface area (Å²) in [4.78, 5) is 49.2. The first-order chi connectivity index (χ1) is 12.6. The Kier molecular flexibility index (Phi) is 5.37. The summed E-state index contributed by atoms with van der Waals surface area (Å²) < 4.78 is 5.40. The van der Waals surface area contributed by atoms with E-state index in [1.54, 1.807) is 36.0 Å². The molecule has 1 heterocycles. The number of thioether (sulfide) groups is 1. The van der Waals surface area contributed by atoms with Crippen molar-refractivity contribution in [3.05, 3.63) is 58.4 Å². The molecular weight excluding hydrogens is 354 g/mol. The molecule has 3 rings (SSSR count).